The second kappa shape index (κ2) is 7.29. The lowest BCUT2D eigenvalue weighted by molar-refractivity contribution is 0.100. The molecule has 7 heteroatoms. The maximum absolute atomic E-state index is 11.8. The molecule has 0 aliphatic carbocycles. The van der Waals surface area contributed by atoms with E-state index < -0.39 is 17.0 Å². The van der Waals surface area contributed by atoms with Crippen molar-refractivity contribution in [2.45, 2.75) is 4.90 Å². The predicted octanol–water partition coefficient (Wildman–Crippen LogP) is 3.59. The zero-order chi connectivity index (χ0) is 18.8. The third kappa shape index (κ3) is 3.62. The number of hydrogen-bond acceptors (Lipinski definition) is 4. The number of carbonyl (C=O) groups excluding carboxylic acids is 1. The van der Waals surface area contributed by atoms with Gasteiger partial charge in [0.2, 0.25) is 0 Å². The Balaban J connectivity index is 2.18. The molecule has 0 saturated carbocycles. The van der Waals surface area contributed by atoms with Crippen LogP contribution < -0.4 is 11.5 Å². The molecule has 0 radical (unpaired) electrons. The van der Waals surface area contributed by atoms with Crippen molar-refractivity contribution in [2.24, 2.45) is 5.73 Å². The Morgan fingerprint density at radius 2 is 1.50 bits per heavy atom. The average Bonchev–Trinajstić information content (AvgIpc) is 2.62. The smallest absolute Gasteiger partial charge is 0.250 e. The van der Waals surface area contributed by atoms with Crippen molar-refractivity contribution < 1.29 is 13.6 Å². The Morgan fingerprint density at radius 1 is 0.923 bits per heavy atom. The quantitative estimate of drug-likeness (QED) is 0.528. The van der Waals surface area contributed by atoms with Crippen LogP contribution in [0.4, 0.5) is 5.69 Å². The number of rotatable bonds is 4. The van der Waals surface area contributed by atoms with Crippen molar-refractivity contribution in [1.82, 2.24) is 0 Å². The second-order valence-electron chi connectivity index (χ2n) is 5.62. The standard InChI is InChI=1S/C19H15ClN2O3S/c20-14-5-1-11(2-6-14)13-9-16(18(21)17(10-13)19(22)23)12-3-7-15(8-4-12)26(24)25/h1-10H,21H2,(H2,22,23)(H,24,25)/p-1. The van der Waals surface area contributed by atoms with Crippen molar-refractivity contribution in [3.8, 4) is 22.3 Å². The number of carbonyl (C=O) groups is 1. The molecule has 0 spiro atoms. The monoisotopic (exact) mass is 385 g/mol. The van der Waals surface area contributed by atoms with E-state index in [2.05, 4.69) is 0 Å². The Bertz CT molecular complexity index is 1000. The summed E-state index contributed by atoms with van der Waals surface area (Å²) in [5, 5.41) is 0.598. The number of nitrogen functional groups attached to an aromatic ring is 1. The minimum absolute atomic E-state index is 0.163. The van der Waals surface area contributed by atoms with E-state index in [9.17, 15) is 13.6 Å². The van der Waals surface area contributed by atoms with Crippen LogP contribution in [-0.4, -0.2) is 14.7 Å². The Kier molecular flexibility index (Phi) is 5.08. The molecule has 1 amide bonds. The van der Waals surface area contributed by atoms with Gasteiger partial charge in [0.25, 0.3) is 5.91 Å². The number of amides is 1. The number of anilines is 1. The molecule has 0 heterocycles. The molecule has 3 aromatic carbocycles. The van der Waals surface area contributed by atoms with Gasteiger partial charge in [-0.2, -0.15) is 0 Å². The van der Waals surface area contributed by atoms with Gasteiger partial charge in [-0.3, -0.25) is 9.00 Å². The molecule has 5 nitrogen and oxygen atoms in total. The highest BCUT2D eigenvalue weighted by Crippen LogP contribution is 2.34. The Hall–Kier alpha value is -2.67. The molecule has 1 atom stereocenters. The fraction of sp³-hybridized carbons (Fsp3) is 0. The largest absolute Gasteiger partial charge is 0.768 e. The van der Waals surface area contributed by atoms with E-state index in [-0.39, 0.29) is 16.1 Å². The maximum atomic E-state index is 11.8. The first-order chi connectivity index (χ1) is 12.4. The second-order valence-corrected chi connectivity index (χ2v) is 6.99. The van der Waals surface area contributed by atoms with Crippen LogP contribution in [0.1, 0.15) is 10.4 Å². The van der Waals surface area contributed by atoms with Crippen LogP contribution in [0.5, 0.6) is 0 Å². The van der Waals surface area contributed by atoms with E-state index in [1.54, 1.807) is 30.3 Å². The molecule has 0 fully saturated rings. The van der Waals surface area contributed by atoms with Gasteiger partial charge in [-0.05, 0) is 64.2 Å². The van der Waals surface area contributed by atoms with Gasteiger partial charge in [-0.15, -0.1) is 0 Å². The van der Waals surface area contributed by atoms with E-state index >= 15 is 0 Å². The molecule has 0 aromatic heterocycles. The molecule has 1 unspecified atom stereocenters. The fourth-order valence-electron chi connectivity index (χ4n) is 2.65. The average molecular weight is 386 g/mol. The molecule has 0 aliphatic rings. The van der Waals surface area contributed by atoms with Crippen LogP contribution in [0.3, 0.4) is 0 Å². The summed E-state index contributed by atoms with van der Waals surface area (Å²) in [6, 6.07) is 16.8. The van der Waals surface area contributed by atoms with Crippen LogP contribution in [0.25, 0.3) is 22.3 Å². The first-order valence-electron chi connectivity index (χ1n) is 7.56. The minimum Gasteiger partial charge on any atom is -0.768 e. The molecule has 132 valence electrons. The summed E-state index contributed by atoms with van der Waals surface area (Å²) in [5.41, 5.74) is 14.9. The van der Waals surface area contributed by atoms with Gasteiger partial charge in [0, 0.05) is 15.5 Å². The summed E-state index contributed by atoms with van der Waals surface area (Å²) in [5.74, 6) is -0.642. The molecule has 4 N–H and O–H groups in total. The van der Waals surface area contributed by atoms with Crippen LogP contribution in [0.15, 0.2) is 65.6 Å². The van der Waals surface area contributed by atoms with Crippen molar-refractivity contribution in [2.75, 3.05) is 5.73 Å². The van der Waals surface area contributed by atoms with Gasteiger partial charge in [0.05, 0.1) is 11.3 Å². The van der Waals surface area contributed by atoms with Crippen molar-refractivity contribution in [3.05, 3.63) is 71.2 Å². The summed E-state index contributed by atoms with van der Waals surface area (Å²) in [4.78, 5) is 12.0. The maximum Gasteiger partial charge on any atom is 0.250 e. The zero-order valence-electron chi connectivity index (χ0n) is 13.4. The Labute approximate surface area is 157 Å². The fourth-order valence-corrected chi connectivity index (χ4v) is 3.13. The summed E-state index contributed by atoms with van der Waals surface area (Å²) < 4.78 is 22.1. The van der Waals surface area contributed by atoms with Crippen molar-refractivity contribution in [1.29, 1.82) is 0 Å². The van der Waals surface area contributed by atoms with Gasteiger partial charge in [0.1, 0.15) is 0 Å². The highest BCUT2D eigenvalue weighted by atomic mass is 35.5. The zero-order valence-corrected chi connectivity index (χ0v) is 15.0. The number of hydrogen-bond donors (Lipinski definition) is 2. The van der Waals surface area contributed by atoms with Crippen LogP contribution in [0.2, 0.25) is 5.02 Å². The summed E-state index contributed by atoms with van der Waals surface area (Å²) in [6.45, 7) is 0. The highest BCUT2D eigenvalue weighted by molar-refractivity contribution is 7.79. The van der Waals surface area contributed by atoms with Gasteiger partial charge < -0.3 is 16.0 Å². The van der Waals surface area contributed by atoms with E-state index in [1.165, 1.54) is 12.1 Å². The van der Waals surface area contributed by atoms with Gasteiger partial charge in [0.15, 0.2) is 0 Å². The van der Waals surface area contributed by atoms with Gasteiger partial charge in [-0.25, -0.2) is 0 Å². The number of benzene rings is 3. The van der Waals surface area contributed by atoms with Crippen LogP contribution in [-0.2, 0) is 11.1 Å². The van der Waals surface area contributed by atoms with Crippen LogP contribution >= 0.6 is 11.6 Å². The highest BCUT2D eigenvalue weighted by Gasteiger charge is 2.15. The van der Waals surface area contributed by atoms with E-state index in [0.717, 1.165) is 11.1 Å². The van der Waals surface area contributed by atoms with Crippen molar-refractivity contribution >= 4 is 34.3 Å². The number of halogens is 1. The number of primary amides is 1. The molecular weight excluding hydrogens is 372 g/mol. The third-order valence-corrected chi connectivity index (χ3v) is 4.89. The van der Waals surface area contributed by atoms with Crippen LogP contribution in [0, 0.1) is 0 Å². The molecule has 3 rings (SSSR count). The topological polar surface area (TPSA) is 109 Å². The molecule has 26 heavy (non-hydrogen) atoms. The lowest BCUT2D eigenvalue weighted by Gasteiger charge is -2.14. The van der Waals surface area contributed by atoms with E-state index in [1.807, 2.05) is 18.2 Å². The summed E-state index contributed by atoms with van der Waals surface area (Å²) in [7, 11) is 0. The third-order valence-electron chi connectivity index (χ3n) is 3.98. The Morgan fingerprint density at radius 3 is 2.04 bits per heavy atom. The predicted molar refractivity (Wildman–Crippen MR) is 102 cm³/mol. The summed E-state index contributed by atoms with van der Waals surface area (Å²) in [6.07, 6.45) is 0. The molecule has 0 aliphatic heterocycles. The SMILES string of the molecule is NC(=O)c1cc(-c2ccc(Cl)cc2)cc(-c2ccc(S(=O)[O-])cc2)c1N. The van der Waals surface area contributed by atoms with Gasteiger partial charge in [-0.1, -0.05) is 35.9 Å². The first-order valence-corrected chi connectivity index (χ1v) is 9.01. The first kappa shape index (κ1) is 18.1. The molecule has 0 bridgehead atoms. The van der Waals surface area contributed by atoms with E-state index in [4.69, 9.17) is 23.1 Å². The normalized spacial score (nSPS) is 11.9. The van der Waals surface area contributed by atoms with E-state index in [0.29, 0.717) is 16.1 Å². The molecule has 0 saturated heterocycles. The van der Waals surface area contributed by atoms with Crippen molar-refractivity contribution in [3.63, 3.8) is 0 Å². The lowest BCUT2D eigenvalue weighted by Crippen LogP contribution is -2.14. The minimum atomic E-state index is -2.31. The van der Waals surface area contributed by atoms with Gasteiger partial charge >= 0.3 is 0 Å². The number of nitrogens with two attached hydrogens (primary N) is 2. The summed E-state index contributed by atoms with van der Waals surface area (Å²) >= 11 is 3.61. The lowest BCUT2D eigenvalue weighted by atomic mass is 9.94. The molecule has 3 aromatic rings. The molecular formula is C19H14ClN2O3S-.